The van der Waals surface area contributed by atoms with Crippen LogP contribution >= 0.6 is 0 Å². The van der Waals surface area contributed by atoms with Gasteiger partial charge in [0, 0.05) is 39.3 Å². The fourth-order valence-electron chi connectivity index (χ4n) is 3.93. The van der Waals surface area contributed by atoms with E-state index in [1.807, 2.05) is 24.0 Å². The van der Waals surface area contributed by atoms with E-state index in [1.54, 1.807) is 21.3 Å². The number of aliphatic imine (C=N–C) groups is 1. The van der Waals surface area contributed by atoms with Crippen molar-refractivity contribution in [1.82, 2.24) is 15.1 Å². The summed E-state index contributed by atoms with van der Waals surface area (Å²) in [6.45, 7) is 6.79. The summed E-state index contributed by atoms with van der Waals surface area (Å²) < 4.78 is 21.8. The maximum Gasteiger partial charge on any atom is 0.251 e. The van der Waals surface area contributed by atoms with E-state index < -0.39 is 0 Å². The van der Waals surface area contributed by atoms with Gasteiger partial charge in [-0.1, -0.05) is 0 Å². The minimum Gasteiger partial charge on any atom is -0.493 e. The molecular formula is C22H34N4O5. The molecule has 1 amide bonds. The molecule has 1 unspecified atom stereocenters. The van der Waals surface area contributed by atoms with Gasteiger partial charge in [-0.2, -0.15) is 0 Å². The summed E-state index contributed by atoms with van der Waals surface area (Å²) in [7, 11) is 4.79. The van der Waals surface area contributed by atoms with E-state index in [2.05, 4.69) is 10.2 Å². The van der Waals surface area contributed by atoms with E-state index in [4.69, 9.17) is 23.9 Å². The van der Waals surface area contributed by atoms with Gasteiger partial charge >= 0.3 is 0 Å². The second-order valence-corrected chi connectivity index (χ2v) is 7.52. The number of hydrogen-bond acceptors (Lipinski definition) is 6. The predicted octanol–water partition coefficient (Wildman–Crippen LogP) is 1.50. The predicted molar refractivity (Wildman–Crippen MR) is 118 cm³/mol. The smallest absolute Gasteiger partial charge is 0.251 e. The first-order valence-electron chi connectivity index (χ1n) is 10.8. The largest absolute Gasteiger partial charge is 0.493 e. The molecule has 0 radical (unpaired) electrons. The molecule has 0 bridgehead atoms. The van der Waals surface area contributed by atoms with E-state index in [1.165, 1.54) is 0 Å². The minimum absolute atomic E-state index is 0.122. The number of hydrogen-bond donors (Lipinski definition) is 1. The normalized spacial score (nSPS) is 19.4. The molecule has 2 fully saturated rings. The Labute approximate surface area is 184 Å². The summed E-state index contributed by atoms with van der Waals surface area (Å²) in [5.41, 5.74) is 0.956. The van der Waals surface area contributed by atoms with E-state index >= 15 is 0 Å². The Balaban J connectivity index is 1.66. The number of ether oxygens (including phenoxy) is 4. The number of nitrogens with one attached hydrogen (secondary N) is 1. The number of piperazine rings is 1. The van der Waals surface area contributed by atoms with Crippen LogP contribution in [0.1, 0.15) is 25.3 Å². The summed E-state index contributed by atoms with van der Waals surface area (Å²) >= 11 is 0. The first-order chi connectivity index (χ1) is 15.1. The zero-order chi connectivity index (χ0) is 22.2. The maximum atomic E-state index is 12.6. The molecule has 0 aliphatic carbocycles. The molecule has 1 atom stereocenters. The molecule has 2 heterocycles. The molecule has 0 saturated carbocycles. The number of guanidine groups is 1. The Morgan fingerprint density at radius 3 is 2.26 bits per heavy atom. The van der Waals surface area contributed by atoms with Crippen molar-refractivity contribution in [2.75, 3.05) is 60.7 Å². The average Bonchev–Trinajstić information content (AvgIpc) is 3.35. The molecule has 2 aliphatic rings. The highest BCUT2D eigenvalue weighted by Gasteiger charge is 2.30. The maximum absolute atomic E-state index is 12.6. The van der Waals surface area contributed by atoms with Crippen LogP contribution in [-0.4, -0.2) is 88.4 Å². The molecule has 0 aromatic heterocycles. The Hall–Kier alpha value is -2.68. The number of rotatable bonds is 7. The van der Waals surface area contributed by atoms with Gasteiger partial charge in [-0.15, -0.1) is 0 Å². The monoisotopic (exact) mass is 434 g/mol. The van der Waals surface area contributed by atoms with Crippen LogP contribution in [0.15, 0.2) is 17.1 Å². The Bertz CT molecular complexity index is 746. The molecule has 1 N–H and O–H groups in total. The van der Waals surface area contributed by atoms with Crippen molar-refractivity contribution in [1.29, 1.82) is 0 Å². The SMILES string of the molecule is CCNC(=NCc1cc(OC)c(OC)c(OC)c1)N1CCN(C(=O)C2CCCO2)CC1. The van der Waals surface area contributed by atoms with Crippen LogP contribution in [0, 0.1) is 0 Å². The van der Waals surface area contributed by atoms with Crippen molar-refractivity contribution in [3.63, 3.8) is 0 Å². The third-order valence-electron chi connectivity index (χ3n) is 5.57. The molecular weight excluding hydrogens is 400 g/mol. The summed E-state index contributed by atoms with van der Waals surface area (Å²) in [5.74, 6) is 2.74. The highest BCUT2D eigenvalue weighted by atomic mass is 16.5. The van der Waals surface area contributed by atoms with Gasteiger partial charge in [0.05, 0.1) is 27.9 Å². The van der Waals surface area contributed by atoms with Crippen LogP contribution in [-0.2, 0) is 16.1 Å². The summed E-state index contributed by atoms with van der Waals surface area (Å²) in [5, 5.41) is 3.36. The third-order valence-corrected chi connectivity index (χ3v) is 5.57. The zero-order valence-corrected chi connectivity index (χ0v) is 19.0. The van der Waals surface area contributed by atoms with Gasteiger partial charge in [-0.05, 0) is 37.5 Å². The highest BCUT2D eigenvalue weighted by molar-refractivity contribution is 5.83. The Morgan fingerprint density at radius 2 is 1.74 bits per heavy atom. The Morgan fingerprint density at radius 1 is 1.10 bits per heavy atom. The minimum atomic E-state index is -0.256. The van der Waals surface area contributed by atoms with Gasteiger partial charge in [0.2, 0.25) is 5.75 Å². The average molecular weight is 435 g/mol. The van der Waals surface area contributed by atoms with Gasteiger partial charge < -0.3 is 34.1 Å². The second-order valence-electron chi connectivity index (χ2n) is 7.52. The van der Waals surface area contributed by atoms with Gasteiger partial charge in [-0.3, -0.25) is 4.79 Å². The van der Waals surface area contributed by atoms with Crippen LogP contribution in [0.5, 0.6) is 17.2 Å². The van der Waals surface area contributed by atoms with Crippen LogP contribution in [0.4, 0.5) is 0 Å². The molecule has 1 aromatic rings. The number of methoxy groups -OCH3 is 3. The first kappa shape index (κ1) is 23.0. The highest BCUT2D eigenvalue weighted by Crippen LogP contribution is 2.38. The van der Waals surface area contributed by atoms with Crippen LogP contribution in [0.2, 0.25) is 0 Å². The lowest BCUT2D eigenvalue weighted by molar-refractivity contribution is -0.142. The fraction of sp³-hybridized carbons (Fsp3) is 0.636. The van der Waals surface area contributed by atoms with E-state index in [0.717, 1.165) is 44.0 Å². The zero-order valence-electron chi connectivity index (χ0n) is 19.0. The van der Waals surface area contributed by atoms with Crippen LogP contribution in [0.3, 0.4) is 0 Å². The van der Waals surface area contributed by atoms with Crippen molar-refractivity contribution in [3.05, 3.63) is 17.7 Å². The molecule has 0 spiro atoms. The summed E-state index contributed by atoms with van der Waals surface area (Å²) in [4.78, 5) is 21.5. The van der Waals surface area contributed by atoms with E-state index in [-0.39, 0.29) is 12.0 Å². The standard InChI is InChI=1S/C22H34N4O5/c1-5-23-22(24-15-16-13-18(28-2)20(30-4)19(14-16)29-3)26-10-8-25(9-11-26)21(27)17-7-6-12-31-17/h13-14,17H,5-12,15H2,1-4H3,(H,23,24). The van der Waals surface area contributed by atoms with Crippen molar-refractivity contribution in [2.24, 2.45) is 4.99 Å². The number of amides is 1. The fourth-order valence-corrected chi connectivity index (χ4v) is 3.93. The van der Waals surface area contributed by atoms with Gasteiger partial charge in [0.1, 0.15) is 6.10 Å². The first-order valence-corrected chi connectivity index (χ1v) is 10.8. The lowest BCUT2D eigenvalue weighted by Crippen LogP contribution is -2.55. The Kier molecular flexibility index (Phi) is 8.22. The number of benzene rings is 1. The third kappa shape index (κ3) is 5.52. The van der Waals surface area contributed by atoms with Gasteiger partial charge in [-0.25, -0.2) is 4.99 Å². The van der Waals surface area contributed by atoms with Crippen LogP contribution < -0.4 is 19.5 Å². The molecule has 2 saturated heterocycles. The van der Waals surface area contributed by atoms with Crippen molar-refractivity contribution in [2.45, 2.75) is 32.4 Å². The van der Waals surface area contributed by atoms with Crippen molar-refractivity contribution >= 4 is 11.9 Å². The number of carbonyl (C=O) groups excluding carboxylic acids is 1. The molecule has 9 heteroatoms. The van der Waals surface area contributed by atoms with Crippen molar-refractivity contribution < 1.29 is 23.7 Å². The quantitative estimate of drug-likeness (QED) is 0.514. The lowest BCUT2D eigenvalue weighted by atomic mass is 10.2. The molecule has 31 heavy (non-hydrogen) atoms. The number of carbonyl (C=O) groups is 1. The lowest BCUT2D eigenvalue weighted by Gasteiger charge is -2.37. The van der Waals surface area contributed by atoms with E-state index in [0.29, 0.717) is 43.5 Å². The van der Waals surface area contributed by atoms with Gasteiger partial charge in [0.25, 0.3) is 5.91 Å². The van der Waals surface area contributed by atoms with Gasteiger partial charge in [0.15, 0.2) is 17.5 Å². The summed E-state index contributed by atoms with van der Waals surface area (Å²) in [6, 6.07) is 3.82. The molecule has 9 nitrogen and oxygen atoms in total. The van der Waals surface area contributed by atoms with E-state index in [9.17, 15) is 4.79 Å². The van der Waals surface area contributed by atoms with Crippen LogP contribution in [0.25, 0.3) is 0 Å². The molecule has 2 aliphatic heterocycles. The number of nitrogens with zero attached hydrogens (tertiary/aromatic N) is 3. The molecule has 172 valence electrons. The van der Waals surface area contributed by atoms with Crippen molar-refractivity contribution in [3.8, 4) is 17.2 Å². The molecule has 3 rings (SSSR count). The summed E-state index contributed by atoms with van der Waals surface area (Å²) in [6.07, 6.45) is 1.54. The second kappa shape index (κ2) is 11.1. The molecule has 1 aromatic carbocycles. The topological polar surface area (TPSA) is 84.9 Å².